The monoisotopic (exact) mass is 237 g/mol. The lowest BCUT2D eigenvalue weighted by atomic mass is 10.00. The van der Waals surface area contributed by atoms with Gasteiger partial charge in [-0.05, 0) is 26.9 Å². The van der Waals surface area contributed by atoms with Gasteiger partial charge in [0.2, 0.25) is 0 Å². The Morgan fingerprint density at radius 3 is 2.25 bits per heavy atom. The van der Waals surface area contributed by atoms with Gasteiger partial charge < -0.3 is 5.32 Å². The van der Waals surface area contributed by atoms with Crippen molar-refractivity contribution in [3.8, 4) is 6.07 Å². The predicted molar refractivity (Wildman–Crippen MR) is 55.9 cm³/mol. The maximum Gasteiger partial charge on any atom is 0.401 e. The first-order valence-electron chi connectivity index (χ1n) is 5.15. The number of hydrogen-bond acceptors (Lipinski definition) is 3. The highest BCUT2D eigenvalue weighted by atomic mass is 19.4. The van der Waals surface area contributed by atoms with Gasteiger partial charge >= 0.3 is 6.18 Å². The van der Waals surface area contributed by atoms with Gasteiger partial charge in [-0.25, -0.2) is 0 Å². The Morgan fingerprint density at radius 1 is 1.38 bits per heavy atom. The zero-order valence-corrected chi connectivity index (χ0v) is 9.86. The van der Waals surface area contributed by atoms with Crippen LogP contribution in [-0.4, -0.2) is 43.3 Å². The third kappa shape index (κ3) is 5.93. The van der Waals surface area contributed by atoms with Crippen LogP contribution in [0.1, 0.15) is 20.3 Å². The SMILES string of the molecule is CCN(CCC(C)(C#N)NC)CC(F)(F)F. The van der Waals surface area contributed by atoms with Crippen LogP contribution in [0.5, 0.6) is 0 Å². The van der Waals surface area contributed by atoms with Gasteiger partial charge in [-0.3, -0.25) is 4.90 Å². The minimum atomic E-state index is -4.18. The molecule has 16 heavy (non-hydrogen) atoms. The molecule has 0 aliphatic heterocycles. The van der Waals surface area contributed by atoms with E-state index in [9.17, 15) is 13.2 Å². The van der Waals surface area contributed by atoms with Crippen LogP contribution in [0.3, 0.4) is 0 Å². The lowest BCUT2D eigenvalue weighted by Crippen LogP contribution is -2.43. The van der Waals surface area contributed by atoms with Gasteiger partial charge in [-0.1, -0.05) is 6.92 Å². The molecule has 3 nitrogen and oxygen atoms in total. The summed E-state index contributed by atoms with van der Waals surface area (Å²) in [6.45, 7) is 3.00. The van der Waals surface area contributed by atoms with Crippen LogP contribution < -0.4 is 5.32 Å². The lowest BCUT2D eigenvalue weighted by molar-refractivity contribution is -0.145. The highest BCUT2D eigenvalue weighted by molar-refractivity contribution is 5.03. The maximum absolute atomic E-state index is 12.2. The molecular weight excluding hydrogens is 219 g/mol. The summed E-state index contributed by atoms with van der Waals surface area (Å²) in [6.07, 6.45) is -3.82. The van der Waals surface area contributed by atoms with Crippen molar-refractivity contribution in [2.24, 2.45) is 0 Å². The quantitative estimate of drug-likeness (QED) is 0.765. The average molecular weight is 237 g/mol. The van der Waals surface area contributed by atoms with Gasteiger partial charge in [-0.2, -0.15) is 18.4 Å². The van der Waals surface area contributed by atoms with Gasteiger partial charge in [0.15, 0.2) is 0 Å². The van der Waals surface area contributed by atoms with E-state index in [4.69, 9.17) is 5.26 Å². The Labute approximate surface area is 94.2 Å². The zero-order valence-electron chi connectivity index (χ0n) is 9.86. The van der Waals surface area contributed by atoms with E-state index >= 15 is 0 Å². The molecular formula is C10H18F3N3. The van der Waals surface area contributed by atoms with Gasteiger partial charge in [0.05, 0.1) is 12.6 Å². The fraction of sp³-hybridized carbons (Fsp3) is 0.900. The van der Waals surface area contributed by atoms with E-state index in [2.05, 4.69) is 11.4 Å². The van der Waals surface area contributed by atoms with E-state index in [1.165, 1.54) is 4.90 Å². The van der Waals surface area contributed by atoms with Gasteiger partial charge in [0.25, 0.3) is 0 Å². The molecule has 94 valence electrons. The fourth-order valence-corrected chi connectivity index (χ4v) is 1.22. The smallest absolute Gasteiger partial charge is 0.303 e. The minimum Gasteiger partial charge on any atom is -0.303 e. The molecule has 0 spiro atoms. The average Bonchev–Trinajstić information content (AvgIpc) is 2.22. The van der Waals surface area contributed by atoms with Crippen LogP contribution in [0.4, 0.5) is 13.2 Å². The highest BCUT2D eigenvalue weighted by Crippen LogP contribution is 2.17. The molecule has 0 radical (unpaired) electrons. The first-order chi connectivity index (χ1) is 7.26. The molecule has 0 aromatic carbocycles. The number of rotatable bonds is 6. The van der Waals surface area contributed by atoms with Crippen LogP contribution >= 0.6 is 0 Å². The topological polar surface area (TPSA) is 39.1 Å². The summed E-state index contributed by atoms with van der Waals surface area (Å²) >= 11 is 0. The molecule has 0 saturated carbocycles. The number of nitrogens with one attached hydrogen (secondary N) is 1. The largest absolute Gasteiger partial charge is 0.401 e. The van der Waals surface area contributed by atoms with Crippen molar-refractivity contribution < 1.29 is 13.2 Å². The summed E-state index contributed by atoms with van der Waals surface area (Å²) in [5.74, 6) is 0. The van der Waals surface area contributed by atoms with Crippen molar-refractivity contribution in [2.45, 2.75) is 32.0 Å². The maximum atomic E-state index is 12.2. The molecule has 0 saturated heterocycles. The Kier molecular flexibility index (Phi) is 5.76. The lowest BCUT2D eigenvalue weighted by Gasteiger charge is -2.27. The van der Waals surface area contributed by atoms with Crippen molar-refractivity contribution in [1.29, 1.82) is 5.26 Å². The summed E-state index contributed by atoms with van der Waals surface area (Å²) in [5, 5.41) is 11.7. The van der Waals surface area contributed by atoms with E-state index in [0.29, 0.717) is 13.0 Å². The molecule has 1 N–H and O–H groups in total. The zero-order chi connectivity index (χ0) is 12.8. The summed E-state index contributed by atoms with van der Waals surface area (Å²) in [7, 11) is 1.63. The Balaban J connectivity index is 4.21. The Hall–Kier alpha value is -0.800. The van der Waals surface area contributed by atoms with Crippen LogP contribution in [0, 0.1) is 11.3 Å². The van der Waals surface area contributed by atoms with Gasteiger partial charge in [0, 0.05) is 6.54 Å². The summed E-state index contributed by atoms with van der Waals surface area (Å²) in [6, 6.07) is 2.05. The molecule has 0 rings (SSSR count). The fourth-order valence-electron chi connectivity index (χ4n) is 1.22. The van der Waals surface area contributed by atoms with E-state index in [1.807, 2.05) is 0 Å². The molecule has 1 atom stereocenters. The molecule has 1 unspecified atom stereocenters. The van der Waals surface area contributed by atoms with Crippen LogP contribution in [0.25, 0.3) is 0 Å². The van der Waals surface area contributed by atoms with E-state index in [1.54, 1.807) is 20.9 Å². The second kappa shape index (κ2) is 6.06. The molecule has 0 aromatic heterocycles. The standard InChI is InChI=1S/C10H18F3N3/c1-4-16(8-10(11,12)13)6-5-9(2,7-14)15-3/h15H,4-6,8H2,1-3H3. The molecule has 6 heteroatoms. The van der Waals surface area contributed by atoms with Crippen LogP contribution in [-0.2, 0) is 0 Å². The van der Waals surface area contributed by atoms with Crippen molar-refractivity contribution in [2.75, 3.05) is 26.7 Å². The van der Waals surface area contributed by atoms with Crippen molar-refractivity contribution in [1.82, 2.24) is 10.2 Å². The second-order valence-corrected chi connectivity index (χ2v) is 3.93. The summed E-state index contributed by atoms with van der Waals surface area (Å²) in [4.78, 5) is 1.28. The van der Waals surface area contributed by atoms with Gasteiger partial charge in [-0.15, -0.1) is 0 Å². The summed E-state index contributed by atoms with van der Waals surface area (Å²) < 4.78 is 36.5. The minimum absolute atomic E-state index is 0.251. The van der Waals surface area contributed by atoms with Crippen LogP contribution in [0.2, 0.25) is 0 Å². The molecule has 0 aliphatic carbocycles. The van der Waals surface area contributed by atoms with Crippen LogP contribution in [0.15, 0.2) is 0 Å². The van der Waals surface area contributed by atoms with Crippen molar-refractivity contribution in [3.05, 3.63) is 0 Å². The van der Waals surface area contributed by atoms with E-state index in [-0.39, 0.29) is 6.54 Å². The Morgan fingerprint density at radius 2 is 1.94 bits per heavy atom. The van der Waals surface area contributed by atoms with Crippen molar-refractivity contribution in [3.63, 3.8) is 0 Å². The molecule has 0 heterocycles. The molecule has 0 bridgehead atoms. The molecule has 0 amide bonds. The normalized spacial score (nSPS) is 15.9. The molecule has 0 aromatic rings. The van der Waals surface area contributed by atoms with Crippen molar-refractivity contribution >= 4 is 0 Å². The number of hydrogen-bond donors (Lipinski definition) is 1. The molecule has 0 fully saturated rings. The first kappa shape index (κ1) is 15.2. The number of halogens is 3. The number of nitrogens with zero attached hydrogens (tertiary/aromatic N) is 2. The first-order valence-corrected chi connectivity index (χ1v) is 5.15. The third-order valence-corrected chi connectivity index (χ3v) is 2.58. The Bertz CT molecular complexity index is 247. The van der Waals surface area contributed by atoms with E-state index in [0.717, 1.165) is 0 Å². The predicted octanol–water partition coefficient (Wildman–Crippen LogP) is 1.76. The second-order valence-electron chi connectivity index (χ2n) is 3.93. The highest BCUT2D eigenvalue weighted by Gasteiger charge is 2.31. The third-order valence-electron chi connectivity index (χ3n) is 2.58. The summed E-state index contributed by atoms with van der Waals surface area (Å²) in [5.41, 5.74) is -0.765. The molecule has 0 aliphatic rings. The number of nitriles is 1. The van der Waals surface area contributed by atoms with Gasteiger partial charge in [0.1, 0.15) is 5.54 Å². The number of alkyl halides is 3. The van der Waals surface area contributed by atoms with E-state index < -0.39 is 18.3 Å².